The van der Waals surface area contributed by atoms with E-state index in [-0.39, 0.29) is 0 Å². The lowest BCUT2D eigenvalue weighted by molar-refractivity contribution is -0.206. The van der Waals surface area contributed by atoms with Gasteiger partial charge in [0.05, 0.1) is 11.5 Å². The van der Waals surface area contributed by atoms with Gasteiger partial charge in [-0.25, -0.2) is 0 Å². The summed E-state index contributed by atoms with van der Waals surface area (Å²) >= 11 is 0. The molecule has 0 saturated heterocycles. The number of nitrogens with zero attached hydrogens (tertiary/aromatic N) is 1. The van der Waals surface area contributed by atoms with E-state index in [9.17, 15) is 0 Å². The Bertz CT molecular complexity index is 177. The molecule has 0 atom stereocenters. The standard InChI is InChI=1S/C9H17NO2/c1-8(2,7-10)6-9(3,11-4)12-5/h6H2,1-5H3. The molecule has 0 amide bonds. The summed E-state index contributed by atoms with van der Waals surface area (Å²) in [6.45, 7) is 5.55. The molecule has 0 heterocycles. The van der Waals surface area contributed by atoms with Crippen LogP contribution in [0, 0.1) is 16.7 Å². The second-order valence-corrected chi connectivity index (χ2v) is 3.71. The fourth-order valence-electron chi connectivity index (χ4n) is 1.07. The van der Waals surface area contributed by atoms with E-state index in [1.54, 1.807) is 14.2 Å². The highest BCUT2D eigenvalue weighted by molar-refractivity contribution is 4.94. The molecule has 12 heavy (non-hydrogen) atoms. The predicted molar refractivity (Wildman–Crippen MR) is 46.4 cm³/mol. The van der Waals surface area contributed by atoms with Gasteiger partial charge in [0.15, 0.2) is 5.79 Å². The summed E-state index contributed by atoms with van der Waals surface area (Å²) < 4.78 is 10.3. The van der Waals surface area contributed by atoms with Crippen molar-refractivity contribution in [2.24, 2.45) is 5.41 Å². The minimum absolute atomic E-state index is 0.416. The first-order chi connectivity index (χ1) is 5.39. The van der Waals surface area contributed by atoms with Crippen molar-refractivity contribution in [1.82, 2.24) is 0 Å². The summed E-state index contributed by atoms with van der Waals surface area (Å²) in [7, 11) is 3.16. The van der Waals surface area contributed by atoms with Crippen molar-refractivity contribution in [3.8, 4) is 6.07 Å². The van der Waals surface area contributed by atoms with Crippen LogP contribution in [-0.2, 0) is 9.47 Å². The molecule has 3 nitrogen and oxygen atoms in total. The molecule has 0 aliphatic carbocycles. The number of ether oxygens (including phenoxy) is 2. The van der Waals surface area contributed by atoms with Gasteiger partial charge in [0.2, 0.25) is 0 Å². The van der Waals surface area contributed by atoms with E-state index in [0.717, 1.165) is 0 Å². The van der Waals surface area contributed by atoms with E-state index in [1.165, 1.54) is 0 Å². The van der Waals surface area contributed by atoms with Crippen molar-refractivity contribution in [2.45, 2.75) is 33.0 Å². The van der Waals surface area contributed by atoms with Crippen molar-refractivity contribution < 1.29 is 9.47 Å². The van der Waals surface area contributed by atoms with Crippen LogP contribution in [0.2, 0.25) is 0 Å². The normalized spacial score (nSPS) is 12.7. The summed E-state index contributed by atoms with van der Waals surface area (Å²) in [4.78, 5) is 0. The van der Waals surface area contributed by atoms with Gasteiger partial charge in [0.1, 0.15) is 0 Å². The Morgan fingerprint density at radius 2 is 1.58 bits per heavy atom. The first kappa shape index (κ1) is 11.4. The maximum Gasteiger partial charge on any atom is 0.166 e. The third-order valence-corrected chi connectivity index (χ3v) is 1.93. The average molecular weight is 171 g/mol. The Morgan fingerprint density at radius 1 is 1.17 bits per heavy atom. The maximum absolute atomic E-state index is 8.79. The van der Waals surface area contributed by atoms with E-state index in [0.29, 0.717) is 6.42 Å². The van der Waals surface area contributed by atoms with Gasteiger partial charge < -0.3 is 9.47 Å². The lowest BCUT2D eigenvalue weighted by Crippen LogP contribution is -2.34. The highest BCUT2D eigenvalue weighted by atomic mass is 16.7. The van der Waals surface area contributed by atoms with Crippen LogP contribution in [0.5, 0.6) is 0 Å². The van der Waals surface area contributed by atoms with E-state index >= 15 is 0 Å². The fraction of sp³-hybridized carbons (Fsp3) is 0.889. The topological polar surface area (TPSA) is 42.2 Å². The van der Waals surface area contributed by atoms with Gasteiger partial charge >= 0.3 is 0 Å². The molecule has 0 bridgehead atoms. The number of methoxy groups -OCH3 is 2. The monoisotopic (exact) mass is 171 g/mol. The third-order valence-electron chi connectivity index (χ3n) is 1.93. The number of nitriles is 1. The van der Waals surface area contributed by atoms with Crippen molar-refractivity contribution in [1.29, 1.82) is 5.26 Å². The second-order valence-electron chi connectivity index (χ2n) is 3.71. The number of hydrogen-bond acceptors (Lipinski definition) is 3. The molecule has 0 radical (unpaired) electrons. The van der Waals surface area contributed by atoms with Crippen molar-refractivity contribution in [2.75, 3.05) is 14.2 Å². The van der Waals surface area contributed by atoms with Crippen LogP contribution < -0.4 is 0 Å². The molecule has 70 valence electrons. The first-order valence-corrected chi connectivity index (χ1v) is 3.91. The lowest BCUT2D eigenvalue weighted by atomic mass is 9.87. The minimum Gasteiger partial charge on any atom is -0.353 e. The van der Waals surface area contributed by atoms with Crippen LogP contribution in [0.1, 0.15) is 27.2 Å². The molecule has 0 aliphatic rings. The zero-order valence-corrected chi connectivity index (χ0v) is 8.47. The molecule has 0 rings (SSSR count). The van der Waals surface area contributed by atoms with Gasteiger partial charge in [-0.2, -0.15) is 5.26 Å². The molecule has 0 saturated carbocycles. The first-order valence-electron chi connectivity index (χ1n) is 3.91. The van der Waals surface area contributed by atoms with E-state index in [1.807, 2.05) is 20.8 Å². The van der Waals surface area contributed by atoms with Gasteiger partial charge in [0.25, 0.3) is 0 Å². The van der Waals surface area contributed by atoms with Crippen molar-refractivity contribution in [3.63, 3.8) is 0 Å². The van der Waals surface area contributed by atoms with Crippen molar-refractivity contribution >= 4 is 0 Å². The lowest BCUT2D eigenvalue weighted by Gasteiger charge is -2.31. The van der Waals surface area contributed by atoms with Crippen LogP contribution in [0.25, 0.3) is 0 Å². The molecule has 0 aromatic carbocycles. The van der Waals surface area contributed by atoms with Crippen LogP contribution >= 0.6 is 0 Å². The Morgan fingerprint density at radius 3 is 1.83 bits per heavy atom. The highest BCUT2D eigenvalue weighted by Gasteiger charge is 2.32. The molecule has 0 fully saturated rings. The van der Waals surface area contributed by atoms with Crippen LogP contribution in [-0.4, -0.2) is 20.0 Å². The Labute approximate surface area is 74.3 Å². The second kappa shape index (κ2) is 3.88. The molecule has 0 aromatic rings. The smallest absolute Gasteiger partial charge is 0.166 e. The Balaban J connectivity index is 4.33. The summed E-state index contributed by atoms with van der Waals surface area (Å²) in [5, 5.41) is 8.79. The zero-order valence-electron chi connectivity index (χ0n) is 8.47. The Kier molecular flexibility index (Phi) is 3.69. The van der Waals surface area contributed by atoms with E-state index in [4.69, 9.17) is 14.7 Å². The summed E-state index contributed by atoms with van der Waals surface area (Å²) in [6, 6.07) is 2.21. The van der Waals surface area contributed by atoms with Crippen LogP contribution in [0.4, 0.5) is 0 Å². The molecule has 3 heteroatoms. The quantitative estimate of drug-likeness (QED) is 0.607. The molecule has 0 spiro atoms. The number of rotatable bonds is 4. The van der Waals surface area contributed by atoms with Crippen LogP contribution in [0.15, 0.2) is 0 Å². The van der Waals surface area contributed by atoms with Gasteiger partial charge in [-0.15, -0.1) is 0 Å². The van der Waals surface area contributed by atoms with Gasteiger partial charge in [-0.1, -0.05) is 0 Å². The minimum atomic E-state index is -0.654. The molecule has 0 unspecified atom stereocenters. The maximum atomic E-state index is 8.79. The third kappa shape index (κ3) is 3.21. The van der Waals surface area contributed by atoms with Gasteiger partial charge in [0, 0.05) is 20.6 Å². The van der Waals surface area contributed by atoms with Crippen molar-refractivity contribution in [3.05, 3.63) is 0 Å². The molecule has 0 N–H and O–H groups in total. The molecule has 0 aliphatic heterocycles. The molecule has 0 aromatic heterocycles. The average Bonchev–Trinajstić information content (AvgIpc) is 2.04. The van der Waals surface area contributed by atoms with E-state index in [2.05, 4.69) is 6.07 Å². The summed E-state index contributed by atoms with van der Waals surface area (Å²) in [6.07, 6.45) is 0.559. The molecular weight excluding hydrogens is 154 g/mol. The predicted octanol–water partition coefficient (Wildman–Crippen LogP) is 1.94. The van der Waals surface area contributed by atoms with E-state index < -0.39 is 11.2 Å². The van der Waals surface area contributed by atoms with Crippen LogP contribution in [0.3, 0.4) is 0 Å². The Hall–Kier alpha value is -0.590. The summed E-state index contributed by atoms with van der Waals surface area (Å²) in [5.41, 5.74) is -0.416. The van der Waals surface area contributed by atoms with Gasteiger partial charge in [-0.05, 0) is 20.8 Å². The summed E-state index contributed by atoms with van der Waals surface area (Å²) in [5.74, 6) is -0.654. The van der Waals surface area contributed by atoms with Gasteiger partial charge in [-0.3, -0.25) is 0 Å². The largest absolute Gasteiger partial charge is 0.353 e. The fourth-order valence-corrected chi connectivity index (χ4v) is 1.07. The zero-order chi connectivity index (χ0) is 9.83. The number of hydrogen-bond donors (Lipinski definition) is 0. The SMILES string of the molecule is COC(C)(CC(C)(C)C#N)OC. The highest BCUT2D eigenvalue weighted by Crippen LogP contribution is 2.29. The molecular formula is C9H17NO2.